The lowest BCUT2D eigenvalue weighted by atomic mass is 9.98. The summed E-state index contributed by atoms with van der Waals surface area (Å²) in [5.74, 6) is -0.936. The second-order valence-corrected chi connectivity index (χ2v) is 17.6. The normalized spacial score (nSPS) is 26.8. The summed E-state index contributed by atoms with van der Waals surface area (Å²) >= 11 is 0. The van der Waals surface area contributed by atoms with Crippen LogP contribution in [-0.4, -0.2) is 142 Å². The fourth-order valence-electron chi connectivity index (χ4n) is 7.78. The number of esters is 2. The Kier molecular flexibility index (Phi) is 33.6. The second kappa shape index (κ2) is 37.0. The molecule has 0 aromatic rings. The summed E-state index contributed by atoms with van der Waals surface area (Å²) in [4.78, 5) is 25.7. The van der Waals surface area contributed by atoms with Gasteiger partial charge in [-0.2, -0.15) is 0 Å². The molecule has 0 bridgehead atoms. The number of allylic oxidation sites excluding steroid dienone is 4. The zero-order valence-corrected chi connectivity index (χ0v) is 39.3. The lowest BCUT2D eigenvalue weighted by Crippen LogP contribution is -2.61. The van der Waals surface area contributed by atoms with Crippen LogP contribution in [0.4, 0.5) is 0 Å². The maximum atomic E-state index is 13.0. The van der Waals surface area contributed by atoms with Crippen molar-refractivity contribution in [3.05, 3.63) is 24.3 Å². The van der Waals surface area contributed by atoms with E-state index in [9.17, 15) is 45.3 Å². The number of unbranched alkanes of at least 4 members (excludes halogenated alkanes) is 20. The standard InChI is InChI=1S/C49H88O15/c1-3-5-7-9-11-13-15-17-18-20-22-24-26-28-30-32-41(52)62-37(34-59-40(51)31-29-27-25-23-21-19-16-14-12-10-8-6-4-2)35-60-48-47(58)45(56)43(54)39(64-48)36-61-49-46(57)44(55)42(53)38(33-50)63-49/h11,13,17-18,37-39,42-50,53-58H,3-10,12,14-16,19-36H2,1-2H3/b13-11+,18-17+/t37-,38-,39-,42+,43+,44?,45?,46?,47?,48-,49-/m1/s1. The van der Waals surface area contributed by atoms with Gasteiger partial charge in [-0.3, -0.25) is 9.59 Å². The van der Waals surface area contributed by atoms with Gasteiger partial charge in [0, 0.05) is 12.8 Å². The third-order valence-electron chi connectivity index (χ3n) is 11.9. The number of rotatable bonds is 38. The van der Waals surface area contributed by atoms with Gasteiger partial charge in [0.2, 0.25) is 0 Å². The summed E-state index contributed by atoms with van der Waals surface area (Å²) in [5.41, 5.74) is 0. The Morgan fingerprint density at radius 2 is 0.938 bits per heavy atom. The molecule has 374 valence electrons. The van der Waals surface area contributed by atoms with Crippen LogP contribution in [0.2, 0.25) is 0 Å². The SMILES string of the molecule is CCCCC/C=C/C/C=C/CCCCCCCC(=O)O[C@H](COC(=O)CCCCCCCCCCCCCCC)CO[C@@H]1O[C@H](CO[C@@H]2O[C@H](CO)[C@H](O)C(O)C2O)[C@H](O)C(O)C1O. The summed E-state index contributed by atoms with van der Waals surface area (Å²) in [5, 5.41) is 72.0. The highest BCUT2D eigenvalue weighted by molar-refractivity contribution is 5.70. The first kappa shape index (κ1) is 58.1. The van der Waals surface area contributed by atoms with Crippen LogP contribution in [0.5, 0.6) is 0 Å². The molecule has 2 aliphatic rings. The number of aliphatic hydroxyl groups is 7. The van der Waals surface area contributed by atoms with E-state index in [-0.39, 0.29) is 26.1 Å². The first-order chi connectivity index (χ1) is 31.0. The molecule has 0 saturated carbocycles. The number of carbonyl (C=O) groups is 2. The molecule has 0 aliphatic carbocycles. The number of carbonyl (C=O) groups excluding carboxylic acids is 2. The van der Waals surface area contributed by atoms with Gasteiger partial charge >= 0.3 is 11.9 Å². The Hall–Kier alpha value is -2.02. The van der Waals surface area contributed by atoms with Gasteiger partial charge in [0.15, 0.2) is 18.7 Å². The van der Waals surface area contributed by atoms with Crippen molar-refractivity contribution in [3.63, 3.8) is 0 Å². The van der Waals surface area contributed by atoms with E-state index < -0.39 is 92.7 Å². The monoisotopic (exact) mass is 917 g/mol. The highest BCUT2D eigenvalue weighted by atomic mass is 16.7. The summed E-state index contributed by atoms with van der Waals surface area (Å²) in [7, 11) is 0. The van der Waals surface area contributed by atoms with E-state index in [1.165, 1.54) is 77.0 Å². The van der Waals surface area contributed by atoms with Crippen LogP contribution >= 0.6 is 0 Å². The van der Waals surface area contributed by atoms with E-state index in [1.807, 2.05) is 0 Å². The fraction of sp³-hybridized carbons (Fsp3) is 0.878. The molecule has 4 unspecified atom stereocenters. The Balaban J connectivity index is 1.83. The van der Waals surface area contributed by atoms with Crippen LogP contribution < -0.4 is 0 Å². The average molecular weight is 917 g/mol. The molecule has 2 saturated heterocycles. The quantitative estimate of drug-likeness (QED) is 0.0203. The van der Waals surface area contributed by atoms with Crippen molar-refractivity contribution in [2.24, 2.45) is 0 Å². The molecule has 0 spiro atoms. The number of hydrogen-bond acceptors (Lipinski definition) is 15. The summed E-state index contributed by atoms with van der Waals surface area (Å²) < 4.78 is 33.5. The van der Waals surface area contributed by atoms with Crippen LogP contribution in [0.1, 0.15) is 181 Å². The summed E-state index contributed by atoms with van der Waals surface area (Å²) in [6.45, 7) is 2.55. The van der Waals surface area contributed by atoms with E-state index >= 15 is 0 Å². The molecule has 0 amide bonds. The van der Waals surface area contributed by atoms with Gasteiger partial charge in [0.25, 0.3) is 0 Å². The molecule has 2 fully saturated rings. The third-order valence-corrected chi connectivity index (χ3v) is 11.9. The van der Waals surface area contributed by atoms with Crippen molar-refractivity contribution in [2.75, 3.05) is 26.4 Å². The van der Waals surface area contributed by atoms with Gasteiger partial charge in [0.05, 0.1) is 19.8 Å². The van der Waals surface area contributed by atoms with Crippen LogP contribution in [-0.2, 0) is 38.0 Å². The van der Waals surface area contributed by atoms with Crippen molar-refractivity contribution in [3.8, 4) is 0 Å². The zero-order valence-electron chi connectivity index (χ0n) is 39.3. The minimum absolute atomic E-state index is 0.152. The van der Waals surface area contributed by atoms with Crippen LogP contribution in [0.3, 0.4) is 0 Å². The number of aliphatic hydroxyl groups excluding tert-OH is 7. The molecule has 11 atom stereocenters. The molecule has 0 radical (unpaired) electrons. The van der Waals surface area contributed by atoms with Crippen LogP contribution in [0.25, 0.3) is 0 Å². The average Bonchev–Trinajstić information content (AvgIpc) is 3.29. The number of ether oxygens (including phenoxy) is 6. The summed E-state index contributed by atoms with van der Waals surface area (Å²) in [6, 6.07) is 0. The maximum absolute atomic E-state index is 13.0. The predicted octanol–water partition coefficient (Wildman–Crippen LogP) is 6.38. The first-order valence-corrected chi connectivity index (χ1v) is 24.9. The van der Waals surface area contributed by atoms with Crippen LogP contribution in [0.15, 0.2) is 24.3 Å². The molecule has 0 aromatic heterocycles. The Morgan fingerprint density at radius 1 is 0.500 bits per heavy atom. The first-order valence-electron chi connectivity index (χ1n) is 24.9. The maximum Gasteiger partial charge on any atom is 0.306 e. The molecule has 64 heavy (non-hydrogen) atoms. The molecule has 7 N–H and O–H groups in total. The predicted molar refractivity (Wildman–Crippen MR) is 243 cm³/mol. The van der Waals surface area contributed by atoms with E-state index in [1.54, 1.807) is 0 Å². The fourth-order valence-corrected chi connectivity index (χ4v) is 7.78. The van der Waals surface area contributed by atoms with E-state index in [2.05, 4.69) is 38.2 Å². The van der Waals surface area contributed by atoms with Crippen molar-refractivity contribution in [1.82, 2.24) is 0 Å². The molecule has 0 aromatic carbocycles. The Morgan fingerprint density at radius 3 is 1.48 bits per heavy atom. The van der Waals surface area contributed by atoms with Gasteiger partial charge in [-0.05, 0) is 44.9 Å². The van der Waals surface area contributed by atoms with Gasteiger partial charge < -0.3 is 64.2 Å². The smallest absolute Gasteiger partial charge is 0.306 e. The van der Waals surface area contributed by atoms with Crippen molar-refractivity contribution >= 4 is 11.9 Å². The minimum atomic E-state index is -1.76. The van der Waals surface area contributed by atoms with Gasteiger partial charge in [0.1, 0.15) is 55.4 Å². The van der Waals surface area contributed by atoms with Gasteiger partial charge in [-0.25, -0.2) is 0 Å². The molecule has 2 heterocycles. The molecule has 15 heteroatoms. The molecular formula is C49H88O15. The van der Waals surface area contributed by atoms with Crippen molar-refractivity contribution in [2.45, 2.75) is 248 Å². The zero-order chi connectivity index (χ0) is 46.8. The Bertz CT molecular complexity index is 1220. The highest BCUT2D eigenvalue weighted by Gasteiger charge is 2.47. The van der Waals surface area contributed by atoms with Gasteiger partial charge in [-0.1, -0.05) is 147 Å². The molecular weight excluding hydrogens is 829 g/mol. The lowest BCUT2D eigenvalue weighted by molar-refractivity contribution is -0.332. The molecule has 15 nitrogen and oxygen atoms in total. The lowest BCUT2D eigenvalue weighted by Gasteiger charge is -2.42. The van der Waals surface area contributed by atoms with E-state index in [0.717, 1.165) is 64.2 Å². The topological polar surface area (TPSA) is 231 Å². The van der Waals surface area contributed by atoms with E-state index in [0.29, 0.717) is 12.8 Å². The van der Waals surface area contributed by atoms with Gasteiger partial charge in [-0.15, -0.1) is 0 Å². The summed E-state index contributed by atoms with van der Waals surface area (Å²) in [6.07, 6.45) is 19.2. The third kappa shape index (κ3) is 25.2. The van der Waals surface area contributed by atoms with Crippen molar-refractivity contribution in [1.29, 1.82) is 0 Å². The Labute approximate surface area is 383 Å². The highest BCUT2D eigenvalue weighted by Crippen LogP contribution is 2.26. The van der Waals surface area contributed by atoms with Crippen LogP contribution in [0, 0.1) is 0 Å². The minimum Gasteiger partial charge on any atom is -0.462 e. The van der Waals surface area contributed by atoms with Crippen molar-refractivity contribution < 1.29 is 73.8 Å². The number of hydrogen-bond donors (Lipinski definition) is 7. The molecule has 2 rings (SSSR count). The molecule has 2 aliphatic heterocycles. The second-order valence-electron chi connectivity index (χ2n) is 17.6. The largest absolute Gasteiger partial charge is 0.462 e. The van der Waals surface area contributed by atoms with E-state index in [4.69, 9.17) is 28.4 Å².